The molecular weight excluding hydrogens is 691 g/mol. The molecule has 52 heavy (non-hydrogen) atoms. The number of ether oxygens (including phenoxy) is 2. The molecule has 0 unspecified atom stereocenters. The molecule has 10 nitrogen and oxygen atoms in total. The van der Waals surface area contributed by atoms with Crippen molar-refractivity contribution in [2.24, 2.45) is 28.6 Å². The molecule has 13 heteroatoms. The maximum absolute atomic E-state index is 18.4. The van der Waals surface area contributed by atoms with Crippen LogP contribution in [0.3, 0.4) is 0 Å². The van der Waals surface area contributed by atoms with Gasteiger partial charge in [-0.15, -0.1) is 0 Å². The maximum Gasteiger partial charge on any atom is 0.333 e. The summed E-state index contributed by atoms with van der Waals surface area (Å²) in [4.78, 5) is 43.9. The third-order valence-corrected chi connectivity index (χ3v) is 13.3. The zero-order valence-corrected chi connectivity index (χ0v) is 30.6. The average Bonchev–Trinajstić information content (AvgIpc) is 3.62. The Bertz CT molecular complexity index is 1920. The highest BCUT2D eigenvalue weighted by Crippen LogP contribution is 2.72. The molecule has 4 aliphatic carbocycles. The summed E-state index contributed by atoms with van der Waals surface area (Å²) >= 11 is 0.447. The number of aromatic nitrogens is 3. The Morgan fingerprint density at radius 1 is 1.15 bits per heavy atom. The summed E-state index contributed by atoms with van der Waals surface area (Å²) in [6.07, 6.45) is 7.06. The van der Waals surface area contributed by atoms with Crippen molar-refractivity contribution in [3.05, 3.63) is 82.9 Å². The highest BCUT2D eigenvalue weighted by molar-refractivity contribution is 8.13. The lowest BCUT2D eigenvalue weighted by molar-refractivity contribution is -0.231. The Morgan fingerprint density at radius 2 is 1.96 bits per heavy atom. The van der Waals surface area contributed by atoms with Gasteiger partial charge in [-0.25, -0.2) is 18.3 Å². The number of aliphatic hydroxyl groups excluding tert-OH is 1. The van der Waals surface area contributed by atoms with Gasteiger partial charge in [-0.1, -0.05) is 38.5 Å². The lowest BCUT2D eigenvalue weighted by Gasteiger charge is -2.63. The number of carbonyl (C=O) groups is 3. The molecule has 276 valence electrons. The number of hydrogen-bond donors (Lipinski definition) is 2. The molecule has 2 aromatic heterocycles. The molecular formula is C39H44F2N4O6S. The molecule has 0 bridgehead atoms. The van der Waals surface area contributed by atoms with Crippen LogP contribution in [0.1, 0.15) is 73.6 Å². The van der Waals surface area contributed by atoms with Crippen molar-refractivity contribution in [3.8, 4) is 5.69 Å². The van der Waals surface area contributed by atoms with Crippen molar-refractivity contribution in [1.29, 1.82) is 0 Å². The van der Waals surface area contributed by atoms with E-state index in [4.69, 9.17) is 9.47 Å². The normalized spacial score (nSPS) is 33.2. The van der Waals surface area contributed by atoms with Gasteiger partial charge in [0.1, 0.15) is 18.3 Å². The highest BCUT2D eigenvalue weighted by atomic mass is 32.2. The van der Waals surface area contributed by atoms with Gasteiger partial charge in [0.25, 0.3) is 5.91 Å². The first-order chi connectivity index (χ1) is 24.8. The van der Waals surface area contributed by atoms with E-state index in [1.54, 1.807) is 55.3 Å². The van der Waals surface area contributed by atoms with Gasteiger partial charge in [0.2, 0.25) is 5.12 Å². The minimum absolute atomic E-state index is 0.140. The zero-order valence-electron chi connectivity index (χ0n) is 29.7. The second-order valence-electron chi connectivity index (χ2n) is 15.2. The van der Waals surface area contributed by atoms with Gasteiger partial charge < -0.3 is 19.9 Å². The number of alkyl halides is 2. The molecule has 2 N–H and O–H groups in total. The Labute approximate surface area is 305 Å². The van der Waals surface area contributed by atoms with Gasteiger partial charge in [-0.05, 0) is 91.3 Å². The zero-order chi connectivity index (χ0) is 37.1. The van der Waals surface area contributed by atoms with Crippen molar-refractivity contribution >= 4 is 34.8 Å². The van der Waals surface area contributed by atoms with Crippen LogP contribution in [-0.2, 0) is 32.0 Å². The fraction of sp³-hybridized carbons (Fsp3) is 0.513. The smallest absolute Gasteiger partial charge is 0.333 e. The van der Waals surface area contributed by atoms with E-state index in [2.05, 4.69) is 15.4 Å². The molecule has 0 radical (unpaired) electrons. The van der Waals surface area contributed by atoms with E-state index in [1.165, 1.54) is 7.11 Å². The summed E-state index contributed by atoms with van der Waals surface area (Å²) in [6, 6.07) is 9.87. The van der Waals surface area contributed by atoms with E-state index in [-0.39, 0.29) is 18.7 Å². The number of esters is 1. The quantitative estimate of drug-likeness (QED) is 0.262. The maximum atomic E-state index is 18.4. The van der Waals surface area contributed by atoms with Crippen LogP contribution in [0, 0.1) is 28.6 Å². The third-order valence-electron chi connectivity index (χ3n) is 12.7. The number of nitrogens with one attached hydrogen (secondary N) is 1. The molecule has 7 rings (SSSR count). The number of allylic oxidation sites excluding steroid dienone is 1. The van der Waals surface area contributed by atoms with E-state index >= 15 is 4.39 Å². The first-order valence-electron chi connectivity index (χ1n) is 17.7. The summed E-state index contributed by atoms with van der Waals surface area (Å²) in [5, 5.41) is 19.0. The van der Waals surface area contributed by atoms with Crippen LogP contribution >= 0.6 is 11.8 Å². The lowest BCUT2D eigenvalue weighted by Crippen LogP contribution is -2.70. The molecule has 3 fully saturated rings. The van der Waals surface area contributed by atoms with Crippen molar-refractivity contribution in [2.75, 3.05) is 19.7 Å². The van der Waals surface area contributed by atoms with E-state index < -0.39 is 69.7 Å². The van der Waals surface area contributed by atoms with Crippen LogP contribution in [0.25, 0.3) is 11.8 Å². The number of aliphatic hydroxyl groups is 1. The van der Waals surface area contributed by atoms with E-state index in [0.29, 0.717) is 48.8 Å². The van der Waals surface area contributed by atoms with Crippen LogP contribution in [0.2, 0.25) is 0 Å². The SMILES string of the molecule is COCC(=O)O[C@]1(C(=O)SCF)[C@H](C)C[C@H]2[C@@H]3CCC4=Cc5c(cnn5-c5cccc(C(=O)NCc6cccnc6)c5)C[C@]4(C)[C@@]3(F)[C@@H](O)C[C@@]21C. The summed E-state index contributed by atoms with van der Waals surface area (Å²) in [5.41, 5.74) is -1.56. The number of benzene rings is 1. The minimum Gasteiger partial charge on any atom is -0.447 e. The summed E-state index contributed by atoms with van der Waals surface area (Å²) in [6.45, 7) is 5.41. The van der Waals surface area contributed by atoms with Crippen molar-refractivity contribution in [3.63, 3.8) is 0 Å². The number of methoxy groups -OCH3 is 1. The Hall–Kier alpha value is -3.94. The van der Waals surface area contributed by atoms with Gasteiger partial charge in [0.05, 0.1) is 23.7 Å². The van der Waals surface area contributed by atoms with Crippen LogP contribution in [0.15, 0.2) is 60.6 Å². The standard InChI is InChI=1S/C39H44F2N4O6S/c1-23-13-30-29-11-10-27-15-31-26(20-44-45(31)28-9-5-8-25(14-28)34(48)43-19-24-7-6-12-42-18-24)16-36(27,2)38(29,41)32(46)17-37(30,3)39(23,35(49)52-22-40)51-33(47)21-50-4/h5-9,12,14-15,18,20,23,29-30,32,46H,10-11,13,16-17,19,21-22H2,1-4H3,(H,43,48)/t23-,29+,30+,32+,36+,37+,38+,39+/m1/s1. The molecule has 1 aromatic carbocycles. The second-order valence-corrected chi connectivity index (χ2v) is 16.1. The fourth-order valence-electron chi connectivity index (χ4n) is 10.3. The van der Waals surface area contributed by atoms with Crippen LogP contribution in [0.4, 0.5) is 8.78 Å². The highest BCUT2D eigenvalue weighted by Gasteiger charge is 2.77. The molecule has 4 aliphatic rings. The van der Waals surface area contributed by atoms with E-state index in [0.717, 1.165) is 22.4 Å². The molecule has 1 amide bonds. The molecule has 3 aromatic rings. The number of thioether (sulfide) groups is 1. The number of amides is 1. The van der Waals surface area contributed by atoms with Gasteiger partial charge in [-0.2, -0.15) is 5.10 Å². The number of fused-ring (bicyclic) bond motifs is 6. The molecule has 3 saturated carbocycles. The number of hydrogen-bond acceptors (Lipinski definition) is 9. The van der Waals surface area contributed by atoms with Crippen LogP contribution in [0.5, 0.6) is 0 Å². The van der Waals surface area contributed by atoms with Crippen molar-refractivity contribution in [2.45, 2.75) is 76.8 Å². The largest absolute Gasteiger partial charge is 0.447 e. The molecule has 0 saturated heterocycles. The number of nitrogens with zero attached hydrogens (tertiary/aromatic N) is 3. The molecule has 8 atom stereocenters. The minimum atomic E-state index is -2.07. The lowest BCUT2D eigenvalue weighted by atomic mass is 9.44. The van der Waals surface area contributed by atoms with E-state index in [1.807, 2.05) is 31.2 Å². The van der Waals surface area contributed by atoms with Crippen molar-refractivity contribution < 1.29 is 37.7 Å². The van der Waals surface area contributed by atoms with Gasteiger partial charge in [-0.3, -0.25) is 14.6 Å². The molecule has 0 spiro atoms. The molecule has 0 aliphatic heterocycles. The first-order valence-corrected chi connectivity index (χ1v) is 18.7. The Morgan fingerprint density at radius 3 is 2.69 bits per heavy atom. The summed E-state index contributed by atoms with van der Waals surface area (Å²) in [5.74, 6) is -2.62. The number of carbonyl (C=O) groups excluding carboxylic acids is 3. The van der Waals surface area contributed by atoms with Gasteiger partial charge in [0, 0.05) is 54.3 Å². The van der Waals surface area contributed by atoms with E-state index in [9.17, 15) is 23.9 Å². The average molecular weight is 735 g/mol. The van der Waals surface area contributed by atoms with Crippen molar-refractivity contribution in [1.82, 2.24) is 20.1 Å². The predicted molar refractivity (Wildman–Crippen MR) is 191 cm³/mol. The number of rotatable bonds is 9. The fourth-order valence-corrected chi connectivity index (χ4v) is 11.1. The van der Waals surface area contributed by atoms with Crippen LogP contribution in [-0.4, -0.2) is 74.0 Å². The predicted octanol–water partition coefficient (Wildman–Crippen LogP) is 5.80. The van der Waals surface area contributed by atoms with Gasteiger partial charge >= 0.3 is 5.97 Å². The second kappa shape index (κ2) is 13.5. The topological polar surface area (TPSA) is 133 Å². The summed E-state index contributed by atoms with van der Waals surface area (Å²) < 4.78 is 44.8. The number of halogens is 2. The third kappa shape index (κ3) is 5.36. The van der Waals surface area contributed by atoms with Crippen LogP contribution < -0.4 is 5.32 Å². The summed E-state index contributed by atoms with van der Waals surface area (Å²) in [7, 11) is 1.34. The Balaban J connectivity index is 1.19. The first kappa shape index (κ1) is 36.4. The van der Waals surface area contributed by atoms with Gasteiger partial charge in [0.15, 0.2) is 5.60 Å². The molecule has 2 heterocycles. The number of pyridine rings is 1. The monoisotopic (exact) mass is 734 g/mol. The Kier molecular flexibility index (Phi) is 9.44.